The summed E-state index contributed by atoms with van der Waals surface area (Å²) in [5, 5.41) is 8.73. The average molecular weight is 285 g/mol. The molecule has 0 saturated heterocycles. The summed E-state index contributed by atoms with van der Waals surface area (Å²) >= 11 is 0. The van der Waals surface area contributed by atoms with Gasteiger partial charge in [0.2, 0.25) is 0 Å². The summed E-state index contributed by atoms with van der Waals surface area (Å²) in [4.78, 5) is 18.1. The van der Waals surface area contributed by atoms with E-state index in [4.69, 9.17) is 15.7 Å². The van der Waals surface area contributed by atoms with E-state index in [1.54, 1.807) is 23.9 Å². The van der Waals surface area contributed by atoms with Crippen LogP contribution in [0.5, 0.6) is 0 Å². The number of primary amides is 1. The predicted molar refractivity (Wildman–Crippen MR) is 74.4 cm³/mol. The number of carbonyl (C=O) groups is 1. The largest absolute Gasteiger partial charge is 0.432 e. The van der Waals surface area contributed by atoms with Crippen LogP contribution in [0.3, 0.4) is 0 Å². The highest BCUT2D eigenvalue weighted by Gasteiger charge is 2.16. The summed E-state index contributed by atoms with van der Waals surface area (Å²) < 4.78 is 6.98. The molecule has 0 aliphatic heterocycles. The number of aromatic nitrogens is 3. The molecular formula is C12H11N7O2. The molecule has 0 saturated carbocycles. The molecule has 0 aliphatic carbocycles. The summed E-state index contributed by atoms with van der Waals surface area (Å²) in [6.45, 7) is 2.18. The molecule has 2 aromatic heterocycles. The molecule has 0 bridgehead atoms. The molecule has 1 amide bonds. The van der Waals surface area contributed by atoms with E-state index in [0.29, 0.717) is 23.2 Å². The Hall–Kier alpha value is -3.06. The van der Waals surface area contributed by atoms with Gasteiger partial charge in [0.25, 0.3) is 5.89 Å². The van der Waals surface area contributed by atoms with Gasteiger partial charge in [-0.25, -0.2) is 4.98 Å². The van der Waals surface area contributed by atoms with Gasteiger partial charge < -0.3 is 10.2 Å². The Bertz CT molecular complexity index is 888. The number of nitrogens with zero attached hydrogens (tertiary/aromatic N) is 6. The fourth-order valence-electron chi connectivity index (χ4n) is 2.18. The monoisotopic (exact) mass is 285 g/mol. The van der Waals surface area contributed by atoms with Gasteiger partial charge in [0.15, 0.2) is 5.58 Å². The van der Waals surface area contributed by atoms with Crippen molar-refractivity contribution in [3.63, 3.8) is 0 Å². The number of hydrogen-bond donors (Lipinski definition) is 1. The van der Waals surface area contributed by atoms with E-state index in [2.05, 4.69) is 20.1 Å². The highest BCUT2D eigenvalue weighted by atomic mass is 16.4. The Balaban J connectivity index is 2.19. The van der Waals surface area contributed by atoms with Crippen LogP contribution in [0.25, 0.3) is 32.4 Å². The van der Waals surface area contributed by atoms with Crippen LogP contribution in [0.15, 0.2) is 27.9 Å². The van der Waals surface area contributed by atoms with E-state index >= 15 is 0 Å². The van der Waals surface area contributed by atoms with E-state index in [1.807, 2.05) is 6.07 Å². The van der Waals surface area contributed by atoms with Gasteiger partial charge in [-0.2, -0.15) is 5.10 Å². The maximum absolute atomic E-state index is 11.2. The maximum atomic E-state index is 11.2. The molecule has 9 heteroatoms. The SMILES string of the molecule is C[C@@H](Cn1ncc2ccc3oc(C(N)=O)nc3c21)N=[N+]=[N-]. The number of oxazole rings is 1. The second-order valence-electron chi connectivity index (χ2n) is 4.61. The molecule has 21 heavy (non-hydrogen) atoms. The molecule has 0 unspecified atom stereocenters. The molecule has 0 spiro atoms. The lowest BCUT2D eigenvalue weighted by molar-refractivity contribution is 0.0969. The molecular weight excluding hydrogens is 274 g/mol. The second kappa shape index (κ2) is 4.80. The van der Waals surface area contributed by atoms with Crippen molar-refractivity contribution in [3.05, 3.63) is 34.7 Å². The molecule has 2 heterocycles. The van der Waals surface area contributed by atoms with Gasteiger partial charge in [-0.05, 0) is 17.7 Å². The minimum absolute atomic E-state index is 0.145. The fourth-order valence-corrected chi connectivity index (χ4v) is 2.18. The van der Waals surface area contributed by atoms with E-state index in [9.17, 15) is 4.79 Å². The van der Waals surface area contributed by atoms with Crippen LogP contribution in [0.2, 0.25) is 0 Å². The third-order valence-electron chi connectivity index (χ3n) is 3.06. The Morgan fingerprint density at radius 3 is 3.14 bits per heavy atom. The Morgan fingerprint density at radius 1 is 1.62 bits per heavy atom. The van der Waals surface area contributed by atoms with Crippen LogP contribution in [0.4, 0.5) is 0 Å². The lowest BCUT2D eigenvalue weighted by Gasteiger charge is -2.06. The van der Waals surface area contributed by atoms with Gasteiger partial charge in [0.1, 0.15) is 5.52 Å². The topological polar surface area (TPSA) is 136 Å². The molecule has 3 aromatic rings. The molecule has 0 fully saturated rings. The van der Waals surface area contributed by atoms with Crippen molar-refractivity contribution in [2.75, 3.05) is 0 Å². The first kappa shape index (κ1) is 12.9. The molecule has 0 aliphatic rings. The minimum Gasteiger partial charge on any atom is -0.432 e. The van der Waals surface area contributed by atoms with Crippen LogP contribution in [-0.4, -0.2) is 26.7 Å². The van der Waals surface area contributed by atoms with Gasteiger partial charge in [-0.15, -0.1) is 0 Å². The van der Waals surface area contributed by atoms with E-state index < -0.39 is 5.91 Å². The van der Waals surface area contributed by atoms with Crippen LogP contribution < -0.4 is 5.73 Å². The first-order valence-corrected chi connectivity index (χ1v) is 6.19. The van der Waals surface area contributed by atoms with Crippen LogP contribution in [0, 0.1) is 0 Å². The highest BCUT2D eigenvalue weighted by Crippen LogP contribution is 2.25. The maximum Gasteiger partial charge on any atom is 0.304 e. The average Bonchev–Trinajstić information content (AvgIpc) is 3.02. The quantitative estimate of drug-likeness (QED) is 0.445. The molecule has 9 nitrogen and oxygen atoms in total. The zero-order chi connectivity index (χ0) is 15.0. The summed E-state index contributed by atoms with van der Waals surface area (Å²) in [6, 6.07) is 3.26. The van der Waals surface area contributed by atoms with Crippen molar-refractivity contribution in [1.82, 2.24) is 14.8 Å². The number of rotatable bonds is 4. The van der Waals surface area contributed by atoms with Crippen molar-refractivity contribution in [1.29, 1.82) is 0 Å². The number of fused-ring (bicyclic) bond motifs is 3. The van der Waals surface area contributed by atoms with Crippen LogP contribution in [-0.2, 0) is 6.54 Å². The van der Waals surface area contributed by atoms with Gasteiger partial charge in [0, 0.05) is 16.8 Å². The molecule has 1 atom stereocenters. The van der Waals surface area contributed by atoms with Gasteiger partial charge in [-0.3, -0.25) is 9.48 Å². The smallest absolute Gasteiger partial charge is 0.304 e. The van der Waals surface area contributed by atoms with Crippen molar-refractivity contribution in [3.8, 4) is 0 Å². The molecule has 0 radical (unpaired) electrons. The normalized spacial score (nSPS) is 12.4. The standard InChI is InChI=1S/C12H11N7O2/c1-6(17-18-14)5-19-10-7(4-15-19)2-3-8-9(10)16-12(21-8)11(13)20/h2-4,6H,5H2,1H3,(H2,13,20)/t6-/m0/s1. The Kier molecular flexibility index (Phi) is 2.96. The van der Waals surface area contributed by atoms with Crippen molar-refractivity contribution in [2.45, 2.75) is 19.5 Å². The lowest BCUT2D eigenvalue weighted by atomic mass is 10.2. The van der Waals surface area contributed by atoms with Gasteiger partial charge in [0.05, 0.1) is 17.8 Å². The summed E-state index contributed by atoms with van der Waals surface area (Å²) in [5.74, 6) is -0.874. The predicted octanol–water partition coefficient (Wildman–Crippen LogP) is 1.98. The molecule has 3 rings (SSSR count). The van der Waals surface area contributed by atoms with Crippen molar-refractivity contribution < 1.29 is 9.21 Å². The molecule has 106 valence electrons. The number of amides is 1. The van der Waals surface area contributed by atoms with Crippen LogP contribution >= 0.6 is 0 Å². The first-order chi connectivity index (χ1) is 10.1. The second-order valence-corrected chi connectivity index (χ2v) is 4.61. The van der Waals surface area contributed by atoms with E-state index in [0.717, 1.165) is 5.39 Å². The molecule has 1 aromatic carbocycles. The third kappa shape index (κ3) is 2.15. The number of azide groups is 1. The highest BCUT2D eigenvalue weighted by molar-refractivity contribution is 6.03. The van der Waals surface area contributed by atoms with Crippen molar-refractivity contribution >= 4 is 27.9 Å². The van der Waals surface area contributed by atoms with Crippen molar-refractivity contribution in [2.24, 2.45) is 10.8 Å². The van der Waals surface area contributed by atoms with E-state index in [1.165, 1.54) is 0 Å². The number of benzene rings is 1. The van der Waals surface area contributed by atoms with Gasteiger partial charge in [-0.1, -0.05) is 12.0 Å². The van der Waals surface area contributed by atoms with Gasteiger partial charge >= 0.3 is 5.91 Å². The zero-order valence-electron chi connectivity index (χ0n) is 11.1. The summed E-state index contributed by atoms with van der Waals surface area (Å²) in [5.41, 5.74) is 15.3. The third-order valence-corrected chi connectivity index (χ3v) is 3.06. The fraction of sp³-hybridized carbons (Fsp3) is 0.250. The zero-order valence-corrected chi connectivity index (χ0v) is 11.1. The minimum atomic E-state index is -0.729. The summed E-state index contributed by atoms with van der Waals surface area (Å²) in [7, 11) is 0. The Morgan fingerprint density at radius 2 is 2.43 bits per heavy atom. The summed E-state index contributed by atoms with van der Waals surface area (Å²) in [6.07, 6.45) is 1.68. The first-order valence-electron chi connectivity index (χ1n) is 6.19. The number of hydrogen-bond acceptors (Lipinski definition) is 5. The van der Waals surface area contributed by atoms with Crippen LogP contribution in [0.1, 0.15) is 17.6 Å². The number of carbonyl (C=O) groups excluding carboxylic acids is 1. The molecule has 2 N–H and O–H groups in total. The number of nitrogens with two attached hydrogens (primary N) is 1. The Labute approximate surface area is 118 Å². The lowest BCUT2D eigenvalue weighted by Crippen LogP contribution is -2.11. The van der Waals surface area contributed by atoms with E-state index in [-0.39, 0.29) is 11.9 Å².